The second-order valence-electron chi connectivity index (χ2n) is 5.08. The van der Waals surface area contributed by atoms with Gasteiger partial charge in [-0.15, -0.1) is 6.58 Å². The zero-order valence-electron chi connectivity index (χ0n) is 12.7. The molecule has 118 valence electrons. The summed E-state index contributed by atoms with van der Waals surface area (Å²) in [7, 11) is 0. The van der Waals surface area contributed by atoms with Crippen LogP contribution >= 0.6 is 0 Å². The molecule has 3 amide bonds. The van der Waals surface area contributed by atoms with Crippen LogP contribution in [0.1, 0.15) is 11.3 Å². The molecule has 24 heavy (non-hydrogen) atoms. The van der Waals surface area contributed by atoms with Gasteiger partial charge in [0.05, 0.1) is 11.6 Å². The maximum atomic E-state index is 12.1. The van der Waals surface area contributed by atoms with Crippen LogP contribution in [0.4, 0.5) is 4.79 Å². The van der Waals surface area contributed by atoms with Gasteiger partial charge in [-0.1, -0.05) is 6.08 Å². The highest BCUT2D eigenvalue weighted by Crippen LogP contribution is 2.24. The van der Waals surface area contributed by atoms with E-state index in [1.54, 1.807) is 36.4 Å². The summed E-state index contributed by atoms with van der Waals surface area (Å²) in [6.45, 7) is 3.67. The minimum atomic E-state index is -0.481. The highest BCUT2D eigenvalue weighted by atomic mass is 16.3. The van der Waals surface area contributed by atoms with E-state index in [0.717, 1.165) is 10.5 Å². The SMILES string of the molecule is C=CCN1C(=O)N/C(=C/c2ccc(-c3ccc(C#N)cc3)o2)C1=O. The van der Waals surface area contributed by atoms with Gasteiger partial charge in [0.2, 0.25) is 0 Å². The van der Waals surface area contributed by atoms with Crippen molar-refractivity contribution in [1.29, 1.82) is 5.26 Å². The molecule has 0 radical (unpaired) electrons. The number of furan rings is 1. The molecule has 3 rings (SSSR count). The largest absolute Gasteiger partial charge is 0.457 e. The highest BCUT2D eigenvalue weighted by Gasteiger charge is 2.32. The van der Waals surface area contributed by atoms with Crippen LogP contribution in [0.2, 0.25) is 0 Å². The van der Waals surface area contributed by atoms with Crippen LogP contribution in [-0.2, 0) is 4.79 Å². The van der Waals surface area contributed by atoms with E-state index in [1.165, 1.54) is 12.2 Å². The summed E-state index contributed by atoms with van der Waals surface area (Å²) in [5, 5.41) is 11.3. The van der Waals surface area contributed by atoms with Gasteiger partial charge in [0.15, 0.2) is 0 Å². The number of nitriles is 1. The zero-order valence-corrected chi connectivity index (χ0v) is 12.7. The lowest BCUT2D eigenvalue weighted by molar-refractivity contribution is -0.122. The van der Waals surface area contributed by atoms with Gasteiger partial charge >= 0.3 is 6.03 Å². The molecule has 0 bridgehead atoms. The normalized spacial score (nSPS) is 15.5. The number of nitrogens with zero attached hydrogens (tertiary/aromatic N) is 2. The third-order valence-corrected chi connectivity index (χ3v) is 3.49. The number of hydrogen-bond donors (Lipinski definition) is 1. The molecule has 0 saturated carbocycles. The lowest BCUT2D eigenvalue weighted by Gasteiger charge is -2.06. The van der Waals surface area contributed by atoms with Gasteiger partial charge in [-0.25, -0.2) is 4.79 Å². The smallest absolute Gasteiger partial charge is 0.329 e. The van der Waals surface area contributed by atoms with Gasteiger partial charge in [0.1, 0.15) is 17.2 Å². The third kappa shape index (κ3) is 2.83. The van der Waals surface area contributed by atoms with Crippen molar-refractivity contribution in [2.45, 2.75) is 0 Å². The van der Waals surface area contributed by atoms with Crippen molar-refractivity contribution in [2.75, 3.05) is 6.54 Å². The number of imide groups is 1. The molecule has 1 aliphatic rings. The van der Waals surface area contributed by atoms with E-state index >= 15 is 0 Å². The standard InChI is InChI=1S/C18H13N3O3/c1-2-9-21-17(22)15(20-18(21)23)10-14-7-8-16(24-14)13-5-3-12(11-19)4-6-13/h2-8,10H,1,9H2,(H,20,23)/b15-10+. The molecule has 6 nitrogen and oxygen atoms in total. The van der Waals surface area contributed by atoms with E-state index in [2.05, 4.69) is 18.0 Å². The number of rotatable bonds is 4. The first-order valence-electron chi connectivity index (χ1n) is 7.18. The van der Waals surface area contributed by atoms with Gasteiger partial charge in [-0.05, 0) is 36.4 Å². The number of hydrogen-bond acceptors (Lipinski definition) is 4. The first-order chi connectivity index (χ1) is 11.6. The first-order valence-corrected chi connectivity index (χ1v) is 7.18. The molecule has 1 aromatic heterocycles. The van der Waals surface area contributed by atoms with Crippen molar-refractivity contribution in [3.05, 3.63) is 66.1 Å². The Kier molecular flexibility index (Phi) is 4.00. The Hall–Kier alpha value is -3.59. The van der Waals surface area contributed by atoms with Crippen molar-refractivity contribution >= 4 is 18.0 Å². The summed E-state index contributed by atoms with van der Waals surface area (Å²) in [5.74, 6) is 0.626. The summed E-state index contributed by atoms with van der Waals surface area (Å²) in [6.07, 6.45) is 2.97. The molecule has 0 atom stereocenters. The van der Waals surface area contributed by atoms with Crippen LogP contribution in [0.5, 0.6) is 0 Å². The highest BCUT2D eigenvalue weighted by molar-refractivity contribution is 6.13. The number of amides is 3. The summed E-state index contributed by atoms with van der Waals surface area (Å²) < 4.78 is 5.68. The fourth-order valence-electron chi connectivity index (χ4n) is 2.30. The van der Waals surface area contributed by atoms with Crippen LogP contribution in [-0.4, -0.2) is 23.4 Å². The van der Waals surface area contributed by atoms with Crippen LogP contribution in [0.3, 0.4) is 0 Å². The van der Waals surface area contributed by atoms with Crippen LogP contribution in [0.15, 0.2) is 59.2 Å². The summed E-state index contributed by atoms with van der Waals surface area (Å²) in [4.78, 5) is 24.9. The molecule has 2 aromatic rings. The predicted octanol–water partition coefficient (Wildman–Crippen LogP) is 2.90. The number of benzene rings is 1. The summed E-state index contributed by atoms with van der Waals surface area (Å²) >= 11 is 0. The van der Waals surface area contributed by atoms with Crippen LogP contribution in [0, 0.1) is 11.3 Å². The Morgan fingerprint density at radius 2 is 1.96 bits per heavy atom. The molecule has 2 heterocycles. The van der Waals surface area contributed by atoms with Crippen molar-refractivity contribution in [1.82, 2.24) is 10.2 Å². The van der Waals surface area contributed by atoms with Crippen LogP contribution < -0.4 is 5.32 Å². The van der Waals surface area contributed by atoms with E-state index in [4.69, 9.17) is 9.68 Å². The van der Waals surface area contributed by atoms with Gasteiger partial charge in [0.25, 0.3) is 5.91 Å². The maximum Gasteiger partial charge on any atom is 0.329 e. The second-order valence-corrected chi connectivity index (χ2v) is 5.08. The molecule has 1 aliphatic heterocycles. The molecule has 1 saturated heterocycles. The molecule has 6 heteroatoms. The van der Waals surface area contributed by atoms with E-state index in [1.807, 2.05) is 0 Å². The van der Waals surface area contributed by atoms with Gasteiger partial charge in [-0.2, -0.15) is 5.26 Å². The Balaban J connectivity index is 1.83. The quantitative estimate of drug-likeness (QED) is 0.533. The van der Waals surface area contributed by atoms with Crippen molar-refractivity contribution < 1.29 is 14.0 Å². The monoisotopic (exact) mass is 319 g/mol. The fraction of sp³-hybridized carbons (Fsp3) is 0.0556. The summed E-state index contributed by atoms with van der Waals surface area (Å²) in [5.41, 5.74) is 1.53. The molecule has 0 unspecified atom stereocenters. The van der Waals surface area contributed by atoms with E-state index in [0.29, 0.717) is 17.1 Å². The second kappa shape index (κ2) is 6.26. The molecule has 1 fully saturated rings. The first kappa shape index (κ1) is 15.3. The van der Waals surface area contributed by atoms with Crippen molar-refractivity contribution in [3.8, 4) is 17.4 Å². The minimum absolute atomic E-state index is 0.149. The lowest BCUT2D eigenvalue weighted by atomic mass is 10.1. The Morgan fingerprint density at radius 1 is 1.21 bits per heavy atom. The Morgan fingerprint density at radius 3 is 2.62 bits per heavy atom. The predicted molar refractivity (Wildman–Crippen MR) is 87.3 cm³/mol. The Labute approximate surface area is 138 Å². The molecular formula is C18H13N3O3. The molecule has 0 spiro atoms. The topological polar surface area (TPSA) is 86.3 Å². The lowest BCUT2D eigenvalue weighted by Crippen LogP contribution is -2.30. The minimum Gasteiger partial charge on any atom is -0.457 e. The molecule has 1 aromatic carbocycles. The zero-order chi connectivity index (χ0) is 17.1. The van der Waals surface area contributed by atoms with E-state index in [-0.39, 0.29) is 12.2 Å². The maximum absolute atomic E-state index is 12.1. The van der Waals surface area contributed by atoms with E-state index in [9.17, 15) is 9.59 Å². The third-order valence-electron chi connectivity index (χ3n) is 3.49. The van der Waals surface area contributed by atoms with Crippen molar-refractivity contribution in [2.24, 2.45) is 0 Å². The van der Waals surface area contributed by atoms with Gasteiger partial charge < -0.3 is 9.73 Å². The molecular weight excluding hydrogens is 306 g/mol. The van der Waals surface area contributed by atoms with E-state index < -0.39 is 11.9 Å². The van der Waals surface area contributed by atoms with Crippen molar-refractivity contribution in [3.63, 3.8) is 0 Å². The average molecular weight is 319 g/mol. The molecule has 0 aliphatic carbocycles. The van der Waals surface area contributed by atoms with Gasteiger partial charge in [0, 0.05) is 18.2 Å². The van der Waals surface area contributed by atoms with Gasteiger partial charge in [-0.3, -0.25) is 9.69 Å². The van der Waals surface area contributed by atoms with Crippen LogP contribution in [0.25, 0.3) is 17.4 Å². The fourth-order valence-corrected chi connectivity index (χ4v) is 2.30. The number of carbonyl (C=O) groups excluding carboxylic acids is 2. The molecule has 1 N–H and O–H groups in total. The Bertz CT molecular complexity index is 885. The number of nitrogens with one attached hydrogen (secondary N) is 1. The average Bonchev–Trinajstić information content (AvgIpc) is 3.16. The number of urea groups is 1. The summed E-state index contributed by atoms with van der Waals surface area (Å²) in [6, 6.07) is 12.0. The number of carbonyl (C=O) groups is 2.